The maximum absolute atomic E-state index is 14.2. The van der Waals surface area contributed by atoms with Gasteiger partial charge in [-0.25, -0.2) is 9.50 Å². The summed E-state index contributed by atoms with van der Waals surface area (Å²) in [5.74, 6) is -0.344. The number of rotatable bonds is 6. The van der Waals surface area contributed by atoms with Crippen LogP contribution in [-0.2, 0) is 0 Å². The molecule has 6 rings (SSSR count). The lowest BCUT2D eigenvalue weighted by Crippen LogP contribution is -2.32. The summed E-state index contributed by atoms with van der Waals surface area (Å²) in [6.45, 7) is 3.70. The lowest BCUT2D eigenvalue weighted by Gasteiger charge is -2.21. The number of anilines is 1. The molecule has 0 aliphatic rings. The zero-order valence-electron chi connectivity index (χ0n) is 22.5. The third-order valence-electron chi connectivity index (χ3n) is 7.01. The summed E-state index contributed by atoms with van der Waals surface area (Å²) in [6, 6.07) is 22.1. The molecular formula is C32H27N7O2. The molecule has 9 nitrogen and oxygen atoms in total. The van der Waals surface area contributed by atoms with Crippen LogP contribution in [0, 0.1) is 6.92 Å². The Hall–Kier alpha value is -5.57. The maximum atomic E-state index is 14.2. The molecule has 1 amide bonds. The van der Waals surface area contributed by atoms with Crippen LogP contribution in [-0.4, -0.2) is 30.1 Å². The van der Waals surface area contributed by atoms with Crippen molar-refractivity contribution in [3.8, 4) is 5.69 Å². The predicted molar refractivity (Wildman–Crippen MR) is 161 cm³/mol. The highest BCUT2D eigenvalue weighted by Gasteiger charge is 2.24. The monoisotopic (exact) mass is 541 g/mol. The molecule has 0 saturated heterocycles. The average molecular weight is 542 g/mol. The molecule has 3 N–H and O–H groups in total. The minimum Gasteiger partial charge on any atom is -0.381 e. The van der Waals surface area contributed by atoms with Crippen LogP contribution in [0.25, 0.3) is 34.3 Å². The third-order valence-corrected chi connectivity index (χ3v) is 7.01. The third kappa shape index (κ3) is 4.74. The lowest BCUT2D eigenvalue weighted by molar-refractivity contribution is 0.0941. The van der Waals surface area contributed by atoms with E-state index in [1.807, 2.05) is 92.7 Å². The Morgan fingerprint density at radius 1 is 1.00 bits per heavy atom. The van der Waals surface area contributed by atoms with Gasteiger partial charge in [0.1, 0.15) is 5.56 Å². The molecule has 1 unspecified atom stereocenters. The van der Waals surface area contributed by atoms with Crippen molar-refractivity contribution in [1.82, 2.24) is 29.5 Å². The van der Waals surface area contributed by atoms with Crippen molar-refractivity contribution in [2.75, 3.05) is 5.73 Å². The first-order valence-electron chi connectivity index (χ1n) is 13.2. The summed E-state index contributed by atoms with van der Waals surface area (Å²) in [7, 11) is 0. The van der Waals surface area contributed by atoms with Gasteiger partial charge in [0.05, 0.1) is 11.4 Å². The highest BCUT2D eigenvalue weighted by Crippen LogP contribution is 2.25. The Morgan fingerprint density at radius 3 is 2.61 bits per heavy atom. The van der Waals surface area contributed by atoms with Crippen molar-refractivity contribution < 1.29 is 4.79 Å². The number of para-hydroxylation sites is 1. The number of nitrogens with two attached hydrogens (primary N) is 1. The van der Waals surface area contributed by atoms with Gasteiger partial charge in [0.25, 0.3) is 11.5 Å². The number of nitrogens with one attached hydrogen (secondary N) is 1. The van der Waals surface area contributed by atoms with E-state index in [9.17, 15) is 9.59 Å². The van der Waals surface area contributed by atoms with Gasteiger partial charge in [-0.1, -0.05) is 54.6 Å². The molecular weight excluding hydrogens is 514 g/mol. The normalized spacial score (nSPS) is 12.2. The fourth-order valence-electron chi connectivity index (χ4n) is 5.01. The number of benzene rings is 2. The van der Waals surface area contributed by atoms with Gasteiger partial charge < -0.3 is 11.1 Å². The van der Waals surface area contributed by atoms with Crippen molar-refractivity contribution in [3.63, 3.8) is 0 Å². The number of hydrogen-bond donors (Lipinski definition) is 2. The molecule has 4 heterocycles. The van der Waals surface area contributed by atoms with Gasteiger partial charge in [0, 0.05) is 35.7 Å². The van der Waals surface area contributed by atoms with E-state index in [0.29, 0.717) is 22.4 Å². The number of amides is 1. The lowest BCUT2D eigenvalue weighted by atomic mass is 10.0. The zero-order valence-corrected chi connectivity index (χ0v) is 22.5. The Morgan fingerprint density at radius 2 is 1.83 bits per heavy atom. The zero-order chi connectivity index (χ0) is 28.5. The molecule has 0 fully saturated rings. The van der Waals surface area contributed by atoms with E-state index >= 15 is 0 Å². The van der Waals surface area contributed by atoms with Crippen LogP contribution >= 0.6 is 0 Å². The molecule has 1 atom stereocenters. The summed E-state index contributed by atoms with van der Waals surface area (Å²) in [4.78, 5) is 36.2. The first kappa shape index (κ1) is 25.7. The van der Waals surface area contributed by atoms with Crippen LogP contribution in [0.5, 0.6) is 0 Å². The number of carbonyl (C=O) groups excluding carboxylic acids is 1. The first-order chi connectivity index (χ1) is 19.9. The van der Waals surface area contributed by atoms with Gasteiger partial charge >= 0.3 is 0 Å². The van der Waals surface area contributed by atoms with Crippen LogP contribution < -0.4 is 16.6 Å². The quantitative estimate of drug-likeness (QED) is 0.307. The maximum Gasteiger partial charge on any atom is 0.263 e. The van der Waals surface area contributed by atoms with E-state index in [1.54, 1.807) is 33.7 Å². The largest absolute Gasteiger partial charge is 0.381 e. The number of aryl methyl sites for hydroxylation is 1. The summed E-state index contributed by atoms with van der Waals surface area (Å²) >= 11 is 0. The Balaban J connectivity index is 1.46. The molecule has 0 saturated carbocycles. The molecule has 0 aliphatic heterocycles. The van der Waals surface area contributed by atoms with E-state index in [2.05, 4.69) is 20.4 Å². The average Bonchev–Trinajstić information content (AvgIpc) is 3.34. The number of nitrogens with zero attached hydrogens (tertiary/aromatic N) is 5. The number of fused-ring (bicyclic) bond motifs is 2. The molecule has 4 aromatic heterocycles. The van der Waals surface area contributed by atoms with Crippen molar-refractivity contribution in [3.05, 3.63) is 130 Å². The fourth-order valence-corrected chi connectivity index (χ4v) is 5.01. The van der Waals surface area contributed by atoms with E-state index in [4.69, 9.17) is 5.73 Å². The molecule has 9 heteroatoms. The Bertz CT molecular complexity index is 1990. The first-order valence-corrected chi connectivity index (χ1v) is 13.2. The van der Waals surface area contributed by atoms with Crippen LogP contribution in [0.3, 0.4) is 0 Å². The molecule has 0 radical (unpaired) electrons. The number of aromatic nitrogens is 5. The van der Waals surface area contributed by atoms with Crippen LogP contribution in [0.2, 0.25) is 0 Å². The van der Waals surface area contributed by atoms with Crippen molar-refractivity contribution in [2.24, 2.45) is 0 Å². The van der Waals surface area contributed by atoms with E-state index in [-0.39, 0.29) is 16.9 Å². The molecule has 202 valence electrons. The molecule has 41 heavy (non-hydrogen) atoms. The Labute approximate surface area is 235 Å². The molecule has 0 spiro atoms. The smallest absolute Gasteiger partial charge is 0.263 e. The number of hydrogen-bond acceptors (Lipinski definition) is 6. The highest BCUT2D eigenvalue weighted by molar-refractivity contribution is 6.04. The van der Waals surface area contributed by atoms with E-state index < -0.39 is 11.9 Å². The predicted octanol–water partition coefficient (Wildman–Crippen LogP) is 4.98. The minimum atomic E-state index is -0.562. The number of pyridine rings is 2. The number of carbonyl (C=O) groups is 1. The number of nitrogen functional groups attached to an aromatic ring is 1. The summed E-state index contributed by atoms with van der Waals surface area (Å²) < 4.78 is 3.20. The molecule has 2 aromatic carbocycles. The second-order valence-corrected chi connectivity index (χ2v) is 9.75. The van der Waals surface area contributed by atoms with Gasteiger partial charge in [-0.05, 0) is 60.7 Å². The summed E-state index contributed by atoms with van der Waals surface area (Å²) in [6.07, 6.45) is 8.95. The molecule has 6 aromatic rings. The van der Waals surface area contributed by atoms with Gasteiger partial charge in [-0.3, -0.25) is 19.1 Å². The van der Waals surface area contributed by atoms with Gasteiger partial charge in [-0.15, -0.1) is 5.10 Å². The van der Waals surface area contributed by atoms with Crippen LogP contribution in [0.15, 0.2) is 96.2 Å². The Kier molecular flexibility index (Phi) is 6.60. The summed E-state index contributed by atoms with van der Waals surface area (Å²) in [5.41, 5.74) is 10.3. The molecule has 0 aliphatic carbocycles. The van der Waals surface area contributed by atoms with Crippen LogP contribution in [0.4, 0.5) is 5.82 Å². The summed E-state index contributed by atoms with van der Waals surface area (Å²) in [5, 5.41) is 8.65. The van der Waals surface area contributed by atoms with E-state index in [1.165, 1.54) is 0 Å². The van der Waals surface area contributed by atoms with Crippen LogP contribution in [0.1, 0.15) is 45.8 Å². The standard InChI is InChI=1S/C32H27N7O2/c1-20-15-17-35-30-28(29(33)37-39(20)30)31(40)36-21(2)26-18-24-10-6-9-23(14-13-22-8-7-16-34-19-22)27(24)32(41)38(26)25-11-4-3-5-12-25/h3-19,21H,1-2H3,(H2,33,37)(H,36,40). The highest BCUT2D eigenvalue weighted by atomic mass is 16.2. The fraction of sp³-hybridized carbons (Fsp3) is 0.0938. The van der Waals surface area contributed by atoms with Crippen molar-refractivity contribution in [1.29, 1.82) is 0 Å². The SMILES string of the molecule is Cc1ccnc2c(C(=O)NC(C)c3cc4cccc(C=Cc5cccnc5)c4c(=O)n3-c3ccccc3)c(N)nn12. The van der Waals surface area contributed by atoms with Gasteiger partial charge in [0.2, 0.25) is 0 Å². The van der Waals surface area contributed by atoms with Gasteiger partial charge in [0.15, 0.2) is 11.5 Å². The van der Waals surface area contributed by atoms with E-state index in [0.717, 1.165) is 22.2 Å². The topological polar surface area (TPSA) is 120 Å². The second-order valence-electron chi connectivity index (χ2n) is 9.75. The second kappa shape index (κ2) is 10.5. The molecule has 0 bridgehead atoms. The van der Waals surface area contributed by atoms with Crippen molar-refractivity contribution in [2.45, 2.75) is 19.9 Å². The van der Waals surface area contributed by atoms with Crippen molar-refractivity contribution >= 4 is 40.3 Å². The minimum absolute atomic E-state index is 0.0838. The van der Waals surface area contributed by atoms with Gasteiger partial charge in [-0.2, -0.15) is 0 Å².